The van der Waals surface area contributed by atoms with Gasteiger partial charge in [0, 0.05) is 30.8 Å². The minimum Gasteiger partial charge on any atom is -0.469 e. The largest absolute Gasteiger partial charge is 0.469 e. The Morgan fingerprint density at radius 1 is 1.24 bits per heavy atom. The fraction of sp³-hybridized carbons (Fsp3) is 0.467. The molecule has 0 heterocycles. The summed E-state index contributed by atoms with van der Waals surface area (Å²) in [7, 11) is 2.89. The van der Waals surface area contributed by atoms with Gasteiger partial charge in [0.05, 0.1) is 20.1 Å². The Labute approximate surface area is 129 Å². The summed E-state index contributed by atoms with van der Waals surface area (Å²) in [6.45, 7) is 2.92. The highest BCUT2D eigenvalue weighted by Gasteiger charge is 2.19. The first-order valence-corrected chi connectivity index (χ1v) is 6.98. The average Bonchev–Trinajstić information content (AvgIpc) is 2.48. The summed E-state index contributed by atoms with van der Waals surface area (Å²) in [5.74, 6) is -0.524. The SMILES string of the molecule is COCCN(CCC(=O)OC)C(=O)c1cc(Cl)ccc1C. The molecule has 0 atom stereocenters. The Bertz CT molecular complexity index is 504. The number of aryl methyl sites for hydroxylation is 1. The van der Waals surface area contributed by atoms with Crippen LogP contribution in [0.3, 0.4) is 0 Å². The van der Waals surface area contributed by atoms with Gasteiger partial charge in [0.25, 0.3) is 5.91 Å². The molecule has 1 aromatic rings. The maximum atomic E-state index is 12.6. The second kappa shape index (κ2) is 8.64. The minimum absolute atomic E-state index is 0.144. The molecule has 0 radical (unpaired) electrons. The van der Waals surface area contributed by atoms with Gasteiger partial charge < -0.3 is 14.4 Å². The number of esters is 1. The monoisotopic (exact) mass is 313 g/mol. The molecule has 1 amide bonds. The van der Waals surface area contributed by atoms with Crippen LogP contribution < -0.4 is 0 Å². The molecule has 0 unspecified atom stereocenters. The predicted molar refractivity (Wildman–Crippen MR) is 80.6 cm³/mol. The highest BCUT2D eigenvalue weighted by molar-refractivity contribution is 6.31. The van der Waals surface area contributed by atoms with E-state index in [9.17, 15) is 9.59 Å². The second-order valence-electron chi connectivity index (χ2n) is 4.57. The van der Waals surface area contributed by atoms with Gasteiger partial charge in [-0.05, 0) is 24.6 Å². The molecule has 1 rings (SSSR count). The molecule has 0 fully saturated rings. The van der Waals surface area contributed by atoms with Crippen molar-refractivity contribution in [2.45, 2.75) is 13.3 Å². The summed E-state index contributed by atoms with van der Waals surface area (Å²) in [5, 5.41) is 0.503. The summed E-state index contributed by atoms with van der Waals surface area (Å²) >= 11 is 5.95. The summed E-state index contributed by atoms with van der Waals surface area (Å²) in [5.41, 5.74) is 1.37. The second-order valence-corrected chi connectivity index (χ2v) is 5.01. The van der Waals surface area contributed by atoms with Gasteiger partial charge in [-0.1, -0.05) is 17.7 Å². The Hall–Kier alpha value is -1.59. The third-order valence-electron chi connectivity index (χ3n) is 3.10. The minimum atomic E-state index is -0.354. The van der Waals surface area contributed by atoms with Gasteiger partial charge in [-0.15, -0.1) is 0 Å². The van der Waals surface area contributed by atoms with Crippen LogP contribution in [0, 0.1) is 6.92 Å². The number of carbonyl (C=O) groups is 2. The lowest BCUT2D eigenvalue weighted by atomic mass is 10.1. The van der Waals surface area contributed by atoms with Crippen LogP contribution in [0.4, 0.5) is 0 Å². The first-order chi connectivity index (χ1) is 9.99. The number of amides is 1. The average molecular weight is 314 g/mol. The number of ether oxygens (including phenoxy) is 2. The lowest BCUT2D eigenvalue weighted by Gasteiger charge is -2.23. The Kier molecular flexibility index (Phi) is 7.19. The lowest BCUT2D eigenvalue weighted by Crippen LogP contribution is -2.36. The Balaban J connectivity index is 2.87. The van der Waals surface area contributed by atoms with Gasteiger partial charge in [-0.2, -0.15) is 0 Å². The van der Waals surface area contributed by atoms with Crippen LogP contribution in [0.1, 0.15) is 22.3 Å². The van der Waals surface area contributed by atoms with Gasteiger partial charge >= 0.3 is 5.97 Å². The van der Waals surface area contributed by atoms with Crippen molar-refractivity contribution in [1.29, 1.82) is 0 Å². The third kappa shape index (κ3) is 5.36. The van der Waals surface area contributed by atoms with Gasteiger partial charge in [-0.25, -0.2) is 0 Å². The third-order valence-corrected chi connectivity index (χ3v) is 3.33. The maximum absolute atomic E-state index is 12.6. The van der Waals surface area contributed by atoms with Crippen LogP contribution in [-0.4, -0.2) is 50.7 Å². The van der Waals surface area contributed by atoms with Crippen molar-refractivity contribution in [3.05, 3.63) is 34.3 Å². The molecular weight excluding hydrogens is 294 g/mol. The van der Waals surface area contributed by atoms with Crippen molar-refractivity contribution in [2.24, 2.45) is 0 Å². The van der Waals surface area contributed by atoms with E-state index in [1.165, 1.54) is 7.11 Å². The van der Waals surface area contributed by atoms with E-state index in [0.717, 1.165) is 5.56 Å². The van der Waals surface area contributed by atoms with Gasteiger partial charge in [0.15, 0.2) is 0 Å². The first-order valence-electron chi connectivity index (χ1n) is 6.60. The van der Waals surface area contributed by atoms with Crippen LogP contribution in [0.15, 0.2) is 18.2 Å². The summed E-state index contributed by atoms with van der Waals surface area (Å²) < 4.78 is 9.61. The fourth-order valence-corrected chi connectivity index (χ4v) is 2.01. The van der Waals surface area contributed by atoms with E-state index in [1.807, 2.05) is 6.92 Å². The predicted octanol–water partition coefficient (Wildman–Crippen LogP) is 2.30. The van der Waals surface area contributed by atoms with Gasteiger partial charge in [0.2, 0.25) is 0 Å². The molecule has 1 aromatic carbocycles. The summed E-state index contributed by atoms with van der Waals surface area (Å²) in [6, 6.07) is 5.17. The zero-order valence-electron chi connectivity index (χ0n) is 12.5. The molecular formula is C15H20ClNO4. The zero-order chi connectivity index (χ0) is 15.8. The molecule has 116 valence electrons. The zero-order valence-corrected chi connectivity index (χ0v) is 13.3. The van der Waals surface area contributed by atoms with Crippen molar-refractivity contribution in [3.8, 4) is 0 Å². The van der Waals surface area contributed by atoms with Gasteiger partial charge in [-0.3, -0.25) is 9.59 Å². The number of hydrogen-bond donors (Lipinski definition) is 0. The normalized spacial score (nSPS) is 10.3. The number of benzene rings is 1. The molecule has 0 spiro atoms. The van der Waals surface area contributed by atoms with Crippen molar-refractivity contribution >= 4 is 23.5 Å². The van der Waals surface area contributed by atoms with E-state index in [-0.39, 0.29) is 24.8 Å². The van der Waals surface area contributed by atoms with Crippen LogP contribution in [0.25, 0.3) is 0 Å². The van der Waals surface area contributed by atoms with Crippen molar-refractivity contribution in [1.82, 2.24) is 4.90 Å². The number of halogens is 1. The quantitative estimate of drug-likeness (QED) is 0.725. The summed E-state index contributed by atoms with van der Waals surface area (Å²) in [6.07, 6.45) is 0.144. The number of carbonyl (C=O) groups excluding carboxylic acids is 2. The van der Waals surface area contributed by atoms with Crippen LogP contribution >= 0.6 is 11.6 Å². The summed E-state index contributed by atoms with van der Waals surface area (Å²) in [4.78, 5) is 25.4. The first kappa shape index (κ1) is 17.5. The van der Waals surface area contributed by atoms with Crippen LogP contribution in [0.5, 0.6) is 0 Å². The van der Waals surface area contributed by atoms with E-state index in [0.29, 0.717) is 23.7 Å². The van der Waals surface area contributed by atoms with Crippen molar-refractivity contribution < 1.29 is 19.1 Å². The Morgan fingerprint density at radius 3 is 2.57 bits per heavy atom. The highest BCUT2D eigenvalue weighted by Crippen LogP contribution is 2.17. The molecule has 0 saturated heterocycles. The topological polar surface area (TPSA) is 55.8 Å². The molecule has 0 saturated carbocycles. The fourth-order valence-electron chi connectivity index (χ4n) is 1.84. The van der Waals surface area contributed by atoms with Gasteiger partial charge in [0.1, 0.15) is 0 Å². The van der Waals surface area contributed by atoms with E-state index in [2.05, 4.69) is 4.74 Å². The molecule has 0 aliphatic rings. The number of methoxy groups -OCH3 is 2. The smallest absolute Gasteiger partial charge is 0.307 e. The Morgan fingerprint density at radius 2 is 1.95 bits per heavy atom. The molecule has 21 heavy (non-hydrogen) atoms. The van der Waals surface area contributed by atoms with E-state index in [4.69, 9.17) is 16.3 Å². The van der Waals surface area contributed by atoms with Crippen molar-refractivity contribution in [2.75, 3.05) is 33.9 Å². The molecule has 0 aliphatic carbocycles. The van der Waals surface area contributed by atoms with Crippen LogP contribution in [-0.2, 0) is 14.3 Å². The molecule has 0 aliphatic heterocycles. The van der Waals surface area contributed by atoms with E-state index >= 15 is 0 Å². The number of nitrogens with zero attached hydrogens (tertiary/aromatic N) is 1. The molecule has 0 N–H and O–H groups in total. The highest BCUT2D eigenvalue weighted by atomic mass is 35.5. The van der Waals surface area contributed by atoms with E-state index < -0.39 is 0 Å². The van der Waals surface area contributed by atoms with Crippen molar-refractivity contribution in [3.63, 3.8) is 0 Å². The number of rotatable bonds is 7. The van der Waals surface area contributed by atoms with E-state index in [1.54, 1.807) is 30.2 Å². The molecule has 0 aromatic heterocycles. The molecule has 6 heteroatoms. The van der Waals surface area contributed by atoms with Crippen LogP contribution in [0.2, 0.25) is 5.02 Å². The molecule has 5 nitrogen and oxygen atoms in total. The lowest BCUT2D eigenvalue weighted by molar-refractivity contribution is -0.140. The molecule has 0 bridgehead atoms. The standard InChI is InChI=1S/C15H20ClNO4/c1-11-4-5-12(16)10-13(11)15(19)17(8-9-20-2)7-6-14(18)21-3/h4-5,10H,6-9H2,1-3H3. The maximum Gasteiger partial charge on any atom is 0.307 e. The number of hydrogen-bond acceptors (Lipinski definition) is 4.